The molecular formula is C13H20O2. The molecule has 2 nitrogen and oxygen atoms in total. The number of Topliss-reactive ketones (excluding diaryl/α,β-unsaturated/α-hetero) is 1. The van der Waals surface area contributed by atoms with E-state index in [1.54, 1.807) is 7.11 Å². The number of carbonyl (C=O) groups excluding carboxylic acids is 1. The molecule has 0 radical (unpaired) electrons. The van der Waals surface area contributed by atoms with Crippen LogP contribution in [0, 0.1) is 23.2 Å². The fourth-order valence-corrected chi connectivity index (χ4v) is 3.53. The average Bonchev–Trinajstić information content (AvgIpc) is 2.64. The van der Waals surface area contributed by atoms with Crippen LogP contribution >= 0.6 is 0 Å². The van der Waals surface area contributed by atoms with E-state index >= 15 is 0 Å². The molecular weight excluding hydrogens is 188 g/mol. The number of ketones is 1. The van der Waals surface area contributed by atoms with Gasteiger partial charge in [-0.05, 0) is 31.6 Å². The van der Waals surface area contributed by atoms with Gasteiger partial charge in [-0.1, -0.05) is 13.0 Å². The first kappa shape index (κ1) is 10.9. The number of hydrogen-bond donors (Lipinski definition) is 0. The Morgan fingerprint density at radius 2 is 2.27 bits per heavy atom. The number of methoxy groups -OCH3 is 1. The molecule has 0 aromatic carbocycles. The van der Waals surface area contributed by atoms with Crippen molar-refractivity contribution in [2.75, 3.05) is 7.11 Å². The highest BCUT2D eigenvalue weighted by Gasteiger charge is 2.56. The molecule has 0 heterocycles. The van der Waals surface area contributed by atoms with Gasteiger partial charge in [0.25, 0.3) is 0 Å². The van der Waals surface area contributed by atoms with E-state index in [9.17, 15) is 4.79 Å². The minimum atomic E-state index is -0.299. The highest BCUT2D eigenvalue weighted by molar-refractivity contribution is 5.91. The van der Waals surface area contributed by atoms with E-state index in [-0.39, 0.29) is 17.4 Å². The molecule has 0 spiro atoms. The molecule has 2 aliphatic rings. The number of fused-ring (bicyclic) bond motifs is 1. The van der Waals surface area contributed by atoms with E-state index in [4.69, 9.17) is 4.74 Å². The summed E-state index contributed by atoms with van der Waals surface area (Å²) in [5.74, 6) is 1.53. The Bertz CT molecular complexity index is 297. The molecule has 2 heteroatoms. The first-order chi connectivity index (χ1) is 7.03. The Balaban J connectivity index is 2.26. The zero-order valence-corrected chi connectivity index (χ0v) is 9.82. The summed E-state index contributed by atoms with van der Waals surface area (Å²) >= 11 is 0. The van der Waals surface area contributed by atoms with Crippen molar-refractivity contribution in [1.82, 2.24) is 0 Å². The molecule has 0 aromatic heterocycles. The van der Waals surface area contributed by atoms with Crippen molar-refractivity contribution in [3.63, 3.8) is 0 Å². The second kappa shape index (κ2) is 3.44. The van der Waals surface area contributed by atoms with Gasteiger partial charge in [0.2, 0.25) is 0 Å². The van der Waals surface area contributed by atoms with Gasteiger partial charge in [0.05, 0.1) is 6.10 Å². The molecule has 0 bridgehead atoms. The van der Waals surface area contributed by atoms with Gasteiger partial charge in [-0.3, -0.25) is 4.79 Å². The monoisotopic (exact) mass is 208 g/mol. The maximum atomic E-state index is 12.2. The fourth-order valence-electron chi connectivity index (χ4n) is 3.53. The number of rotatable bonds is 2. The molecule has 0 saturated heterocycles. The second-order valence-electron chi connectivity index (χ2n) is 5.37. The summed E-state index contributed by atoms with van der Waals surface area (Å²) in [6, 6.07) is 0. The first-order valence-corrected chi connectivity index (χ1v) is 5.74. The molecule has 0 amide bonds. The van der Waals surface area contributed by atoms with Crippen molar-refractivity contribution in [1.29, 1.82) is 0 Å². The largest absolute Gasteiger partial charge is 0.381 e. The van der Waals surface area contributed by atoms with Crippen LogP contribution < -0.4 is 0 Å². The average molecular weight is 208 g/mol. The predicted molar refractivity (Wildman–Crippen MR) is 59.5 cm³/mol. The second-order valence-corrected chi connectivity index (χ2v) is 5.37. The summed E-state index contributed by atoms with van der Waals surface area (Å²) in [6.07, 6.45) is 4.00. The lowest BCUT2D eigenvalue weighted by molar-refractivity contribution is -0.126. The van der Waals surface area contributed by atoms with Crippen LogP contribution in [-0.2, 0) is 9.53 Å². The molecule has 0 N–H and O–H groups in total. The third kappa shape index (κ3) is 1.38. The number of ether oxygens (including phenoxy) is 1. The van der Waals surface area contributed by atoms with Crippen LogP contribution in [0.5, 0.6) is 0 Å². The Kier molecular flexibility index (Phi) is 2.50. The molecule has 15 heavy (non-hydrogen) atoms. The minimum absolute atomic E-state index is 0.216. The predicted octanol–water partition coefficient (Wildman–Crippen LogP) is 2.44. The van der Waals surface area contributed by atoms with E-state index in [2.05, 4.69) is 13.5 Å². The van der Waals surface area contributed by atoms with Crippen molar-refractivity contribution < 1.29 is 9.53 Å². The summed E-state index contributed by atoms with van der Waals surface area (Å²) in [5, 5.41) is 0. The van der Waals surface area contributed by atoms with Crippen LogP contribution in [0.3, 0.4) is 0 Å². The molecule has 2 rings (SSSR count). The van der Waals surface area contributed by atoms with Crippen molar-refractivity contribution >= 4 is 5.78 Å². The van der Waals surface area contributed by atoms with Gasteiger partial charge in [0, 0.05) is 18.4 Å². The zero-order valence-electron chi connectivity index (χ0n) is 9.82. The van der Waals surface area contributed by atoms with Gasteiger partial charge in [0.1, 0.15) is 5.78 Å². The zero-order chi connectivity index (χ0) is 11.2. The molecule has 2 fully saturated rings. The minimum Gasteiger partial charge on any atom is -0.381 e. The lowest BCUT2D eigenvalue weighted by atomic mass is 9.83. The summed E-state index contributed by atoms with van der Waals surface area (Å²) in [5.41, 5.74) is -0.299. The summed E-state index contributed by atoms with van der Waals surface area (Å²) < 4.78 is 5.54. The van der Waals surface area contributed by atoms with Gasteiger partial charge in [-0.25, -0.2) is 0 Å². The summed E-state index contributed by atoms with van der Waals surface area (Å²) in [4.78, 5) is 12.2. The quantitative estimate of drug-likeness (QED) is 0.651. The van der Waals surface area contributed by atoms with E-state index in [0.717, 1.165) is 12.8 Å². The van der Waals surface area contributed by atoms with Crippen LogP contribution in [-0.4, -0.2) is 19.0 Å². The number of hydrogen-bond acceptors (Lipinski definition) is 2. The summed E-state index contributed by atoms with van der Waals surface area (Å²) in [7, 11) is 1.76. The van der Waals surface area contributed by atoms with Crippen LogP contribution in [0.15, 0.2) is 12.7 Å². The van der Waals surface area contributed by atoms with Gasteiger partial charge in [0.15, 0.2) is 0 Å². The van der Waals surface area contributed by atoms with Crippen LogP contribution in [0.4, 0.5) is 0 Å². The first-order valence-electron chi connectivity index (χ1n) is 5.74. The normalized spacial score (nSPS) is 49.4. The molecule has 84 valence electrons. The SMILES string of the molecule is C=C[C@@]1(C)C[C@@H]2[C@@H](OC)[C@H](C)C[C@@H]2C1=O. The highest BCUT2D eigenvalue weighted by Crippen LogP contribution is 2.53. The molecule has 0 aromatic rings. The molecule has 2 aliphatic carbocycles. The third-order valence-electron chi connectivity index (χ3n) is 4.41. The smallest absolute Gasteiger partial charge is 0.145 e. The van der Waals surface area contributed by atoms with Crippen molar-refractivity contribution in [3.05, 3.63) is 12.7 Å². The third-order valence-corrected chi connectivity index (χ3v) is 4.41. The van der Waals surface area contributed by atoms with E-state index in [0.29, 0.717) is 17.6 Å². The molecule has 2 saturated carbocycles. The molecule has 0 aliphatic heterocycles. The maximum Gasteiger partial charge on any atom is 0.145 e. The molecule has 0 unspecified atom stereocenters. The van der Waals surface area contributed by atoms with E-state index in [1.165, 1.54) is 0 Å². The van der Waals surface area contributed by atoms with Gasteiger partial charge in [-0.15, -0.1) is 6.58 Å². The van der Waals surface area contributed by atoms with Gasteiger partial charge < -0.3 is 4.74 Å². The van der Waals surface area contributed by atoms with Gasteiger partial charge >= 0.3 is 0 Å². The van der Waals surface area contributed by atoms with Crippen molar-refractivity contribution in [2.24, 2.45) is 23.2 Å². The summed E-state index contributed by atoms with van der Waals surface area (Å²) in [6.45, 7) is 8.00. The van der Waals surface area contributed by atoms with E-state index in [1.807, 2.05) is 13.0 Å². The Hall–Kier alpha value is -0.630. The van der Waals surface area contributed by atoms with Crippen LogP contribution in [0.2, 0.25) is 0 Å². The number of allylic oxidation sites excluding steroid dienone is 1. The fraction of sp³-hybridized carbons (Fsp3) is 0.769. The topological polar surface area (TPSA) is 26.3 Å². The maximum absolute atomic E-state index is 12.2. The molecule has 5 atom stereocenters. The standard InChI is InChI=1S/C13H20O2/c1-5-13(3)7-10-9(12(13)14)6-8(2)11(10)15-4/h5,8-11H,1,6-7H2,2-4H3/t8-,9+,10+,11+,13+/m1/s1. The van der Waals surface area contributed by atoms with Crippen LogP contribution in [0.25, 0.3) is 0 Å². The lowest BCUT2D eigenvalue weighted by Crippen LogP contribution is -2.25. The number of carbonyl (C=O) groups is 1. The van der Waals surface area contributed by atoms with Gasteiger partial charge in [-0.2, -0.15) is 0 Å². The van der Waals surface area contributed by atoms with E-state index < -0.39 is 0 Å². The lowest BCUT2D eigenvalue weighted by Gasteiger charge is -2.23. The van der Waals surface area contributed by atoms with Crippen molar-refractivity contribution in [2.45, 2.75) is 32.8 Å². The Morgan fingerprint density at radius 3 is 2.80 bits per heavy atom. The van der Waals surface area contributed by atoms with Crippen molar-refractivity contribution in [3.8, 4) is 0 Å². The van der Waals surface area contributed by atoms with Crippen LogP contribution in [0.1, 0.15) is 26.7 Å². The Morgan fingerprint density at radius 1 is 1.60 bits per heavy atom. The highest BCUT2D eigenvalue weighted by atomic mass is 16.5. The Labute approximate surface area is 91.7 Å².